The Morgan fingerprint density at radius 1 is 1.27 bits per heavy atom. The van der Waals surface area contributed by atoms with Gasteiger partial charge in [-0.05, 0) is 42.7 Å². The zero-order valence-electron chi connectivity index (χ0n) is 15.0. The molecule has 2 aromatic heterocycles. The van der Waals surface area contributed by atoms with Crippen molar-refractivity contribution in [2.24, 2.45) is 0 Å². The second kappa shape index (κ2) is 6.74. The third kappa shape index (κ3) is 3.00. The van der Waals surface area contributed by atoms with Gasteiger partial charge < -0.3 is 9.80 Å². The maximum absolute atomic E-state index is 13.0. The lowest BCUT2D eigenvalue weighted by molar-refractivity contribution is -0.132. The van der Waals surface area contributed by atoms with Gasteiger partial charge >= 0.3 is 0 Å². The van der Waals surface area contributed by atoms with Crippen molar-refractivity contribution in [3.05, 3.63) is 48.2 Å². The highest BCUT2D eigenvalue weighted by Gasteiger charge is 2.30. The SMILES string of the molecule is CN(C)c1cc(C2CCCN2C(=O)Cn2nnc3ccccc32)ccn1. The van der Waals surface area contributed by atoms with Crippen LogP contribution in [0.1, 0.15) is 24.4 Å². The largest absolute Gasteiger partial charge is 0.363 e. The molecule has 1 fully saturated rings. The number of pyridine rings is 1. The number of para-hydroxylation sites is 1. The molecule has 0 bridgehead atoms. The quantitative estimate of drug-likeness (QED) is 0.722. The Bertz CT molecular complexity index is 934. The number of aromatic nitrogens is 4. The van der Waals surface area contributed by atoms with Gasteiger partial charge in [0.25, 0.3) is 0 Å². The van der Waals surface area contributed by atoms with Gasteiger partial charge in [0, 0.05) is 26.8 Å². The molecule has 1 aliphatic heterocycles. The van der Waals surface area contributed by atoms with E-state index in [0.29, 0.717) is 0 Å². The van der Waals surface area contributed by atoms with Gasteiger partial charge in [-0.3, -0.25) is 4.79 Å². The first-order valence-electron chi connectivity index (χ1n) is 8.84. The Kier molecular flexibility index (Phi) is 4.28. The van der Waals surface area contributed by atoms with Crippen LogP contribution in [-0.4, -0.2) is 51.4 Å². The van der Waals surface area contributed by atoms with Gasteiger partial charge in [0.15, 0.2) is 0 Å². The van der Waals surface area contributed by atoms with Crippen LogP contribution in [0.4, 0.5) is 5.82 Å². The summed E-state index contributed by atoms with van der Waals surface area (Å²) < 4.78 is 1.69. The van der Waals surface area contributed by atoms with Crippen LogP contribution < -0.4 is 4.90 Å². The molecule has 0 radical (unpaired) electrons. The molecule has 7 nitrogen and oxygen atoms in total. The fraction of sp³-hybridized carbons (Fsp3) is 0.368. The molecule has 0 N–H and O–H groups in total. The average Bonchev–Trinajstić information content (AvgIpc) is 3.29. The molecule has 0 saturated carbocycles. The van der Waals surface area contributed by atoms with Crippen LogP contribution in [0.25, 0.3) is 11.0 Å². The van der Waals surface area contributed by atoms with E-state index in [1.165, 1.54) is 0 Å². The summed E-state index contributed by atoms with van der Waals surface area (Å²) in [6.07, 6.45) is 3.80. The molecule has 26 heavy (non-hydrogen) atoms. The normalized spacial score (nSPS) is 17.0. The first-order chi connectivity index (χ1) is 12.6. The first kappa shape index (κ1) is 16.5. The maximum Gasteiger partial charge on any atom is 0.244 e. The van der Waals surface area contributed by atoms with Gasteiger partial charge in [0.1, 0.15) is 17.9 Å². The van der Waals surface area contributed by atoms with Gasteiger partial charge in [-0.2, -0.15) is 0 Å². The van der Waals surface area contributed by atoms with Gasteiger partial charge in [-0.15, -0.1) is 5.10 Å². The van der Waals surface area contributed by atoms with Crippen LogP contribution in [0.3, 0.4) is 0 Å². The number of anilines is 1. The maximum atomic E-state index is 13.0. The minimum Gasteiger partial charge on any atom is -0.363 e. The Balaban J connectivity index is 1.56. The van der Waals surface area contributed by atoms with E-state index >= 15 is 0 Å². The number of benzene rings is 1. The Hall–Kier alpha value is -2.96. The van der Waals surface area contributed by atoms with Gasteiger partial charge in [-0.25, -0.2) is 9.67 Å². The molecule has 0 spiro atoms. The third-order valence-corrected chi connectivity index (χ3v) is 4.89. The number of carbonyl (C=O) groups is 1. The molecule has 1 saturated heterocycles. The highest BCUT2D eigenvalue weighted by Crippen LogP contribution is 2.33. The van der Waals surface area contributed by atoms with Crippen molar-refractivity contribution in [3.8, 4) is 0 Å². The average molecular weight is 350 g/mol. The first-order valence-corrected chi connectivity index (χ1v) is 8.84. The molecule has 4 rings (SSSR count). The Morgan fingerprint density at radius 3 is 2.96 bits per heavy atom. The van der Waals surface area contributed by atoms with Crippen molar-refractivity contribution < 1.29 is 4.79 Å². The van der Waals surface area contributed by atoms with E-state index in [1.807, 2.05) is 60.4 Å². The molecule has 1 atom stereocenters. The van der Waals surface area contributed by atoms with Crippen LogP contribution in [0.5, 0.6) is 0 Å². The molecule has 134 valence electrons. The number of rotatable bonds is 4. The topological polar surface area (TPSA) is 67.2 Å². The van der Waals surface area contributed by atoms with E-state index in [1.54, 1.807) is 4.68 Å². The third-order valence-electron chi connectivity index (χ3n) is 4.89. The van der Waals surface area contributed by atoms with Crippen molar-refractivity contribution in [2.45, 2.75) is 25.4 Å². The summed E-state index contributed by atoms with van der Waals surface area (Å²) in [6, 6.07) is 11.9. The molecule has 3 aromatic rings. The van der Waals surface area contributed by atoms with E-state index in [9.17, 15) is 4.79 Å². The predicted octanol–water partition coefficient (Wildman–Crippen LogP) is 2.26. The second-order valence-corrected chi connectivity index (χ2v) is 6.82. The molecule has 7 heteroatoms. The number of fused-ring (bicyclic) bond motifs is 1. The van der Waals surface area contributed by atoms with E-state index in [0.717, 1.165) is 41.8 Å². The highest BCUT2D eigenvalue weighted by atomic mass is 16.2. The molecular weight excluding hydrogens is 328 g/mol. The summed E-state index contributed by atoms with van der Waals surface area (Å²) >= 11 is 0. The summed E-state index contributed by atoms with van der Waals surface area (Å²) in [5.41, 5.74) is 2.83. The number of hydrogen-bond acceptors (Lipinski definition) is 5. The number of amides is 1. The molecule has 1 aliphatic rings. The monoisotopic (exact) mass is 350 g/mol. The van der Waals surface area contributed by atoms with Crippen molar-refractivity contribution in [1.29, 1.82) is 0 Å². The van der Waals surface area contributed by atoms with Crippen LogP contribution in [0.15, 0.2) is 42.6 Å². The van der Waals surface area contributed by atoms with Crippen LogP contribution in [0, 0.1) is 0 Å². The smallest absolute Gasteiger partial charge is 0.244 e. The molecular formula is C19H22N6O. The van der Waals surface area contributed by atoms with Crippen LogP contribution in [-0.2, 0) is 11.3 Å². The molecule has 1 aromatic carbocycles. The fourth-order valence-corrected chi connectivity index (χ4v) is 3.55. The number of nitrogens with zero attached hydrogens (tertiary/aromatic N) is 6. The van der Waals surface area contributed by atoms with Crippen molar-refractivity contribution in [3.63, 3.8) is 0 Å². The van der Waals surface area contributed by atoms with Crippen molar-refractivity contribution in [2.75, 3.05) is 25.5 Å². The number of carbonyl (C=O) groups excluding carboxylic acids is 1. The minimum atomic E-state index is 0.0753. The summed E-state index contributed by atoms with van der Waals surface area (Å²) in [7, 11) is 3.94. The van der Waals surface area contributed by atoms with E-state index in [-0.39, 0.29) is 18.5 Å². The molecule has 1 unspecified atom stereocenters. The summed E-state index contributed by atoms with van der Waals surface area (Å²) in [4.78, 5) is 21.3. The van der Waals surface area contributed by atoms with Gasteiger partial charge in [0.05, 0.1) is 11.6 Å². The lowest BCUT2D eigenvalue weighted by atomic mass is 10.1. The summed E-state index contributed by atoms with van der Waals surface area (Å²) in [6.45, 7) is 0.985. The van der Waals surface area contributed by atoms with Crippen molar-refractivity contribution >= 4 is 22.8 Å². The Morgan fingerprint density at radius 2 is 2.12 bits per heavy atom. The van der Waals surface area contributed by atoms with Crippen LogP contribution >= 0.6 is 0 Å². The zero-order valence-corrected chi connectivity index (χ0v) is 15.0. The molecule has 3 heterocycles. The number of likely N-dealkylation sites (tertiary alicyclic amines) is 1. The summed E-state index contributed by atoms with van der Waals surface area (Å²) in [5, 5.41) is 8.28. The predicted molar refractivity (Wildman–Crippen MR) is 99.8 cm³/mol. The fourth-order valence-electron chi connectivity index (χ4n) is 3.55. The van der Waals surface area contributed by atoms with E-state index in [2.05, 4.69) is 21.4 Å². The lowest BCUT2D eigenvalue weighted by Gasteiger charge is -2.26. The second-order valence-electron chi connectivity index (χ2n) is 6.82. The highest BCUT2D eigenvalue weighted by molar-refractivity contribution is 5.80. The van der Waals surface area contributed by atoms with E-state index < -0.39 is 0 Å². The lowest BCUT2D eigenvalue weighted by Crippen LogP contribution is -2.33. The van der Waals surface area contributed by atoms with Gasteiger partial charge in [-0.1, -0.05) is 17.3 Å². The van der Waals surface area contributed by atoms with Crippen molar-refractivity contribution in [1.82, 2.24) is 24.9 Å². The number of hydrogen-bond donors (Lipinski definition) is 0. The summed E-state index contributed by atoms with van der Waals surface area (Å²) in [5.74, 6) is 0.982. The Labute approximate surface area is 152 Å². The standard InChI is InChI=1S/C19H22N6O/c1-23(2)18-12-14(9-10-20-18)16-8-5-11-24(16)19(26)13-25-17-7-4-3-6-15(17)21-22-25/h3-4,6-7,9-10,12,16H,5,8,11,13H2,1-2H3. The van der Waals surface area contributed by atoms with Gasteiger partial charge in [0.2, 0.25) is 5.91 Å². The van der Waals surface area contributed by atoms with E-state index in [4.69, 9.17) is 0 Å². The zero-order chi connectivity index (χ0) is 18.1. The molecule has 0 aliphatic carbocycles. The minimum absolute atomic E-state index is 0.0753. The van der Waals surface area contributed by atoms with Crippen LogP contribution in [0.2, 0.25) is 0 Å². The molecule has 1 amide bonds.